The van der Waals surface area contributed by atoms with Crippen LogP contribution in [0.25, 0.3) is 0 Å². The molecule has 1 saturated heterocycles. The number of carbonyl (C=O) groups is 1. The standard InChI is InChI=1S/C18H25NO3S/c1-19(18(20)16-11-12-23(21,22)13-16)17-9-7-15(8-10-17)14-5-3-2-4-6-14/h2-6,15-17H,7-13H2,1H3/t15?,16-,17?/m0/s1. The average molecular weight is 335 g/mol. The van der Waals surface area contributed by atoms with Crippen molar-refractivity contribution in [3.63, 3.8) is 0 Å². The highest BCUT2D eigenvalue weighted by Crippen LogP contribution is 2.35. The minimum Gasteiger partial charge on any atom is -0.343 e. The van der Waals surface area contributed by atoms with E-state index in [-0.39, 0.29) is 29.4 Å². The van der Waals surface area contributed by atoms with Gasteiger partial charge in [-0.15, -0.1) is 0 Å². The molecule has 3 rings (SSSR count). The number of benzene rings is 1. The van der Waals surface area contributed by atoms with Crippen molar-refractivity contribution in [2.24, 2.45) is 5.92 Å². The van der Waals surface area contributed by atoms with Gasteiger partial charge in [-0.2, -0.15) is 0 Å². The third kappa shape index (κ3) is 3.77. The quantitative estimate of drug-likeness (QED) is 0.853. The molecule has 0 aromatic heterocycles. The molecule has 23 heavy (non-hydrogen) atoms. The molecule has 2 fully saturated rings. The minimum atomic E-state index is -3.00. The molecule has 0 radical (unpaired) electrons. The van der Waals surface area contributed by atoms with E-state index in [2.05, 4.69) is 24.3 Å². The molecule has 1 aliphatic heterocycles. The van der Waals surface area contributed by atoms with Gasteiger partial charge in [0.2, 0.25) is 5.91 Å². The Morgan fingerprint density at radius 3 is 2.26 bits per heavy atom. The first-order valence-electron chi connectivity index (χ1n) is 8.48. The Labute approximate surface area is 138 Å². The van der Waals surface area contributed by atoms with Crippen LogP contribution in [-0.2, 0) is 14.6 Å². The van der Waals surface area contributed by atoms with Gasteiger partial charge in [-0.3, -0.25) is 4.79 Å². The van der Waals surface area contributed by atoms with Crippen molar-refractivity contribution in [3.05, 3.63) is 35.9 Å². The number of hydrogen-bond donors (Lipinski definition) is 0. The van der Waals surface area contributed by atoms with Gasteiger partial charge in [-0.25, -0.2) is 8.42 Å². The Bertz CT molecular complexity index is 648. The van der Waals surface area contributed by atoms with Gasteiger partial charge in [0, 0.05) is 13.1 Å². The number of nitrogens with zero attached hydrogens (tertiary/aromatic N) is 1. The largest absolute Gasteiger partial charge is 0.343 e. The summed E-state index contributed by atoms with van der Waals surface area (Å²) in [5, 5.41) is 0. The summed E-state index contributed by atoms with van der Waals surface area (Å²) in [6.45, 7) is 0. The van der Waals surface area contributed by atoms with E-state index in [1.807, 2.05) is 18.0 Å². The lowest BCUT2D eigenvalue weighted by molar-refractivity contribution is -0.136. The normalized spacial score (nSPS) is 30.0. The fourth-order valence-electron chi connectivity index (χ4n) is 3.98. The first-order valence-corrected chi connectivity index (χ1v) is 10.3. The second kappa shape index (κ2) is 6.63. The third-order valence-electron chi connectivity index (χ3n) is 5.44. The highest BCUT2D eigenvalue weighted by molar-refractivity contribution is 7.91. The fourth-order valence-corrected chi connectivity index (χ4v) is 5.71. The molecule has 1 aliphatic carbocycles. The van der Waals surface area contributed by atoms with Crippen LogP contribution in [-0.4, -0.2) is 43.8 Å². The molecule has 126 valence electrons. The van der Waals surface area contributed by atoms with Crippen molar-refractivity contribution in [1.82, 2.24) is 4.90 Å². The van der Waals surface area contributed by atoms with Crippen molar-refractivity contribution >= 4 is 15.7 Å². The van der Waals surface area contributed by atoms with Crippen molar-refractivity contribution in [2.45, 2.75) is 44.1 Å². The molecule has 1 heterocycles. The number of hydrogen-bond acceptors (Lipinski definition) is 3. The molecule has 1 aromatic carbocycles. The van der Waals surface area contributed by atoms with Gasteiger partial charge in [0.25, 0.3) is 0 Å². The maximum atomic E-state index is 12.5. The lowest BCUT2D eigenvalue weighted by atomic mass is 9.81. The van der Waals surface area contributed by atoms with Crippen LogP contribution < -0.4 is 0 Å². The first-order chi connectivity index (χ1) is 11.0. The Hall–Kier alpha value is -1.36. The molecule has 1 amide bonds. The Kier molecular flexibility index (Phi) is 4.76. The number of rotatable bonds is 3. The molecule has 1 saturated carbocycles. The second-order valence-electron chi connectivity index (χ2n) is 6.97. The van der Waals surface area contributed by atoms with Crippen LogP contribution in [0.1, 0.15) is 43.6 Å². The summed E-state index contributed by atoms with van der Waals surface area (Å²) in [5.41, 5.74) is 1.39. The summed E-state index contributed by atoms with van der Waals surface area (Å²) in [6, 6.07) is 10.8. The molecule has 0 unspecified atom stereocenters. The lowest BCUT2D eigenvalue weighted by Gasteiger charge is -2.36. The molecule has 4 nitrogen and oxygen atoms in total. The van der Waals surface area contributed by atoms with Crippen LogP contribution in [0.2, 0.25) is 0 Å². The molecule has 0 bridgehead atoms. The van der Waals surface area contributed by atoms with E-state index >= 15 is 0 Å². The monoisotopic (exact) mass is 335 g/mol. The Morgan fingerprint density at radius 2 is 1.70 bits per heavy atom. The number of sulfone groups is 1. The van der Waals surface area contributed by atoms with Crippen molar-refractivity contribution in [2.75, 3.05) is 18.6 Å². The van der Waals surface area contributed by atoms with Crippen molar-refractivity contribution in [3.8, 4) is 0 Å². The molecular weight excluding hydrogens is 310 g/mol. The van der Waals surface area contributed by atoms with E-state index in [4.69, 9.17) is 0 Å². The van der Waals surface area contributed by atoms with E-state index in [9.17, 15) is 13.2 Å². The Balaban J connectivity index is 1.56. The highest BCUT2D eigenvalue weighted by Gasteiger charge is 2.37. The Morgan fingerprint density at radius 1 is 1.04 bits per heavy atom. The number of amides is 1. The van der Waals surface area contributed by atoms with E-state index < -0.39 is 9.84 Å². The average Bonchev–Trinajstić information content (AvgIpc) is 2.94. The van der Waals surface area contributed by atoms with Crippen LogP contribution in [0, 0.1) is 5.92 Å². The molecule has 2 aliphatic rings. The van der Waals surface area contributed by atoms with Crippen LogP contribution in [0.15, 0.2) is 30.3 Å². The summed E-state index contributed by atoms with van der Waals surface area (Å²) in [6.07, 6.45) is 4.68. The maximum Gasteiger partial charge on any atom is 0.226 e. The molecule has 5 heteroatoms. The molecule has 1 atom stereocenters. The minimum absolute atomic E-state index is 0.0224. The van der Waals surface area contributed by atoms with Gasteiger partial charge in [-0.1, -0.05) is 30.3 Å². The van der Waals surface area contributed by atoms with Crippen LogP contribution in [0.4, 0.5) is 0 Å². The summed E-state index contributed by atoms with van der Waals surface area (Å²) in [4.78, 5) is 14.4. The summed E-state index contributed by atoms with van der Waals surface area (Å²) < 4.78 is 23.1. The molecular formula is C18H25NO3S. The predicted molar refractivity (Wildman–Crippen MR) is 91.0 cm³/mol. The molecule has 0 N–H and O–H groups in total. The van der Waals surface area contributed by atoms with E-state index in [1.54, 1.807) is 0 Å². The van der Waals surface area contributed by atoms with Gasteiger partial charge >= 0.3 is 0 Å². The maximum absolute atomic E-state index is 12.5. The summed E-state index contributed by atoms with van der Waals surface area (Å²) in [5.74, 6) is 0.488. The van der Waals surface area contributed by atoms with Gasteiger partial charge in [0.15, 0.2) is 9.84 Å². The first kappa shape index (κ1) is 16.5. The van der Waals surface area contributed by atoms with Gasteiger partial charge in [0.05, 0.1) is 17.4 Å². The van der Waals surface area contributed by atoms with Gasteiger partial charge in [0.1, 0.15) is 0 Å². The predicted octanol–water partition coefficient (Wildman–Crippen LogP) is 2.61. The molecule has 1 aromatic rings. The topological polar surface area (TPSA) is 54.5 Å². The summed E-state index contributed by atoms with van der Waals surface area (Å²) in [7, 11) is -1.15. The highest BCUT2D eigenvalue weighted by atomic mass is 32.2. The van der Waals surface area contributed by atoms with Crippen LogP contribution >= 0.6 is 0 Å². The van der Waals surface area contributed by atoms with Crippen molar-refractivity contribution in [1.29, 1.82) is 0 Å². The molecule has 0 spiro atoms. The van der Waals surface area contributed by atoms with Crippen LogP contribution in [0.5, 0.6) is 0 Å². The van der Waals surface area contributed by atoms with Gasteiger partial charge in [-0.05, 0) is 43.6 Å². The number of carbonyl (C=O) groups excluding carboxylic acids is 1. The lowest BCUT2D eigenvalue weighted by Crippen LogP contribution is -2.42. The zero-order valence-corrected chi connectivity index (χ0v) is 14.5. The second-order valence-corrected chi connectivity index (χ2v) is 9.19. The summed E-state index contributed by atoms with van der Waals surface area (Å²) >= 11 is 0. The zero-order chi connectivity index (χ0) is 16.4. The fraction of sp³-hybridized carbons (Fsp3) is 0.611. The smallest absolute Gasteiger partial charge is 0.226 e. The third-order valence-corrected chi connectivity index (χ3v) is 7.21. The van der Waals surface area contributed by atoms with Gasteiger partial charge < -0.3 is 4.90 Å². The van der Waals surface area contributed by atoms with Crippen molar-refractivity contribution < 1.29 is 13.2 Å². The van der Waals surface area contributed by atoms with Crippen LogP contribution in [0.3, 0.4) is 0 Å². The SMILES string of the molecule is CN(C(=O)[C@H]1CCS(=O)(=O)C1)C1CCC(c2ccccc2)CC1. The zero-order valence-electron chi connectivity index (χ0n) is 13.6. The van der Waals surface area contributed by atoms with E-state index in [1.165, 1.54) is 5.56 Å². The van der Waals surface area contributed by atoms with E-state index in [0.29, 0.717) is 12.3 Å². The van der Waals surface area contributed by atoms with E-state index in [0.717, 1.165) is 25.7 Å².